The van der Waals surface area contributed by atoms with Crippen molar-refractivity contribution in [1.29, 1.82) is 0 Å². The van der Waals surface area contributed by atoms with Gasteiger partial charge in [-0.1, -0.05) is 11.6 Å². The number of hydrogen-bond acceptors (Lipinski definition) is 5. The van der Waals surface area contributed by atoms with Crippen LogP contribution in [-0.4, -0.2) is 39.9 Å². The number of aromatic carboxylic acids is 1. The van der Waals surface area contributed by atoms with Crippen LogP contribution in [0, 0.1) is 5.82 Å². The van der Waals surface area contributed by atoms with Crippen molar-refractivity contribution in [3.05, 3.63) is 32.7 Å². The molecule has 1 aromatic carbocycles. The molecule has 2 aromatic rings. The number of fused-ring (bicyclic) bond motifs is 1. The fourth-order valence-corrected chi connectivity index (χ4v) is 4.03. The SMILES string of the molecule is NC1CCN(c2c(F)cc3c(=O)c(C(=O)O)c(O)n(C4CC4)c3c2Cl)C1. The number of carboxylic acids is 1. The van der Waals surface area contributed by atoms with Crippen LogP contribution in [0.25, 0.3) is 10.9 Å². The normalized spacial score (nSPS) is 20.1. The van der Waals surface area contributed by atoms with Crippen LogP contribution in [0.15, 0.2) is 10.9 Å². The lowest BCUT2D eigenvalue weighted by molar-refractivity contribution is 0.0690. The predicted octanol–water partition coefficient (Wildman–Crippen LogP) is 2.07. The van der Waals surface area contributed by atoms with Crippen LogP contribution in [0.5, 0.6) is 5.88 Å². The molecule has 9 heteroatoms. The summed E-state index contributed by atoms with van der Waals surface area (Å²) in [6.45, 7) is 0.950. The van der Waals surface area contributed by atoms with Gasteiger partial charge in [0.2, 0.25) is 11.3 Å². The topological polar surface area (TPSA) is 109 Å². The highest BCUT2D eigenvalue weighted by molar-refractivity contribution is 6.38. The van der Waals surface area contributed by atoms with Gasteiger partial charge < -0.3 is 25.4 Å². The molecule has 2 fully saturated rings. The first kappa shape index (κ1) is 17.1. The van der Waals surface area contributed by atoms with Crippen LogP contribution < -0.4 is 16.1 Å². The van der Waals surface area contributed by atoms with Gasteiger partial charge in [-0.15, -0.1) is 0 Å². The van der Waals surface area contributed by atoms with E-state index in [0.717, 1.165) is 6.07 Å². The zero-order valence-electron chi connectivity index (χ0n) is 13.7. The highest BCUT2D eigenvalue weighted by Crippen LogP contribution is 2.45. The molecule has 2 heterocycles. The van der Waals surface area contributed by atoms with E-state index in [1.165, 1.54) is 4.57 Å². The van der Waals surface area contributed by atoms with Crippen LogP contribution in [0.4, 0.5) is 10.1 Å². The lowest BCUT2D eigenvalue weighted by atomic mass is 10.1. The minimum absolute atomic E-state index is 0.00895. The standard InChI is InChI=1S/C17H17ClFN3O4/c18-12-13-9(5-10(19)14(12)21-4-3-7(20)6-21)15(23)11(17(25)26)16(24)22(13)8-1-2-8/h5,7-8,24H,1-4,6,20H2,(H,25,26). The summed E-state index contributed by atoms with van der Waals surface area (Å²) in [5, 5.41) is 19.6. The van der Waals surface area contributed by atoms with E-state index in [9.17, 15) is 24.2 Å². The van der Waals surface area contributed by atoms with Crippen molar-refractivity contribution in [3.8, 4) is 5.88 Å². The third-order valence-corrected chi connectivity index (χ3v) is 5.36. The van der Waals surface area contributed by atoms with Crippen LogP contribution in [0.2, 0.25) is 5.02 Å². The Morgan fingerprint density at radius 3 is 2.58 bits per heavy atom. The molecule has 1 atom stereocenters. The number of nitrogens with zero attached hydrogens (tertiary/aromatic N) is 2. The maximum absolute atomic E-state index is 14.8. The molecule has 26 heavy (non-hydrogen) atoms. The van der Waals surface area contributed by atoms with E-state index in [1.807, 2.05) is 0 Å². The highest BCUT2D eigenvalue weighted by Gasteiger charge is 2.34. The third kappa shape index (κ3) is 2.44. The summed E-state index contributed by atoms with van der Waals surface area (Å²) in [6, 6.07) is 0.732. The quantitative estimate of drug-likeness (QED) is 0.751. The summed E-state index contributed by atoms with van der Waals surface area (Å²) in [5.74, 6) is -2.91. The highest BCUT2D eigenvalue weighted by atomic mass is 35.5. The van der Waals surface area contributed by atoms with Gasteiger partial charge in [-0.3, -0.25) is 4.79 Å². The molecule has 7 nitrogen and oxygen atoms in total. The van der Waals surface area contributed by atoms with Crippen molar-refractivity contribution >= 4 is 34.2 Å². The van der Waals surface area contributed by atoms with Crippen molar-refractivity contribution in [2.45, 2.75) is 31.3 Å². The molecule has 0 spiro atoms. The number of halogens is 2. The second-order valence-electron chi connectivity index (χ2n) is 6.85. The number of rotatable bonds is 3. The van der Waals surface area contributed by atoms with Crippen molar-refractivity contribution in [1.82, 2.24) is 4.57 Å². The number of aromatic nitrogens is 1. The second-order valence-corrected chi connectivity index (χ2v) is 7.22. The molecule has 1 unspecified atom stereocenters. The van der Waals surface area contributed by atoms with E-state index in [4.69, 9.17) is 17.3 Å². The molecule has 0 amide bonds. The molecule has 0 bridgehead atoms. The summed E-state index contributed by atoms with van der Waals surface area (Å²) < 4.78 is 16.1. The molecule has 4 N–H and O–H groups in total. The zero-order chi connectivity index (χ0) is 18.7. The Balaban J connectivity index is 2.08. The molecule has 0 radical (unpaired) electrons. The van der Waals surface area contributed by atoms with E-state index in [2.05, 4.69) is 0 Å². The third-order valence-electron chi connectivity index (χ3n) is 5.00. The van der Waals surface area contributed by atoms with Crippen LogP contribution in [0.3, 0.4) is 0 Å². The molecule has 4 rings (SSSR count). The molecular weight excluding hydrogens is 365 g/mol. The Bertz CT molecular complexity index is 1000. The van der Waals surface area contributed by atoms with E-state index < -0.39 is 28.7 Å². The van der Waals surface area contributed by atoms with E-state index in [-0.39, 0.29) is 33.7 Å². The Morgan fingerprint density at radius 1 is 1.35 bits per heavy atom. The number of carbonyl (C=O) groups is 1. The van der Waals surface area contributed by atoms with Gasteiger partial charge in [0.25, 0.3) is 0 Å². The van der Waals surface area contributed by atoms with Gasteiger partial charge in [0.15, 0.2) is 5.56 Å². The van der Waals surface area contributed by atoms with Gasteiger partial charge in [-0.2, -0.15) is 0 Å². The number of anilines is 1. The fourth-order valence-electron chi connectivity index (χ4n) is 3.63. The van der Waals surface area contributed by atoms with Gasteiger partial charge in [-0.25, -0.2) is 9.18 Å². The van der Waals surface area contributed by atoms with Gasteiger partial charge in [0.1, 0.15) is 5.82 Å². The molecule has 1 saturated carbocycles. The second kappa shape index (κ2) is 5.85. The van der Waals surface area contributed by atoms with Gasteiger partial charge in [-0.05, 0) is 25.3 Å². The summed E-state index contributed by atoms with van der Waals surface area (Å²) in [4.78, 5) is 25.7. The van der Waals surface area contributed by atoms with Gasteiger partial charge >= 0.3 is 5.97 Å². The van der Waals surface area contributed by atoms with Crippen molar-refractivity contribution < 1.29 is 19.4 Å². The maximum Gasteiger partial charge on any atom is 0.345 e. The fraction of sp³-hybridized carbons (Fsp3) is 0.412. The van der Waals surface area contributed by atoms with Crippen LogP contribution in [-0.2, 0) is 0 Å². The smallest absolute Gasteiger partial charge is 0.345 e. The summed E-state index contributed by atoms with van der Waals surface area (Å²) >= 11 is 6.49. The first-order valence-corrected chi connectivity index (χ1v) is 8.72. The van der Waals surface area contributed by atoms with Crippen molar-refractivity contribution in [2.24, 2.45) is 5.73 Å². The maximum atomic E-state index is 14.8. The van der Waals surface area contributed by atoms with E-state index in [0.29, 0.717) is 32.4 Å². The Kier molecular flexibility index (Phi) is 3.85. The Hall–Kier alpha value is -2.32. The predicted molar refractivity (Wildman–Crippen MR) is 94.9 cm³/mol. The molecule has 1 aromatic heterocycles. The lowest BCUT2D eigenvalue weighted by Crippen LogP contribution is -2.27. The lowest BCUT2D eigenvalue weighted by Gasteiger charge is -2.23. The number of aromatic hydroxyl groups is 1. The van der Waals surface area contributed by atoms with Crippen LogP contribution in [0.1, 0.15) is 35.7 Å². The first-order chi connectivity index (χ1) is 12.3. The summed E-state index contributed by atoms with van der Waals surface area (Å²) in [5.41, 5.74) is 4.47. The average molecular weight is 382 g/mol. The van der Waals surface area contributed by atoms with Gasteiger partial charge in [0, 0.05) is 25.2 Å². The largest absolute Gasteiger partial charge is 0.494 e. The number of carboxylic acid groups (broad SMARTS) is 1. The van der Waals surface area contributed by atoms with Crippen molar-refractivity contribution in [2.75, 3.05) is 18.0 Å². The molecule has 1 aliphatic carbocycles. The monoisotopic (exact) mass is 381 g/mol. The first-order valence-electron chi connectivity index (χ1n) is 8.34. The molecule has 138 valence electrons. The van der Waals surface area contributed by atoms with E-state index >= 15 is 0 Å². The summed E-state index contributed by atoms with van der Waals surface area (Å²) in [6.07, 6.45) is 2.11. The molecule has 1 aliphatic heterocycles. The number of hydrogen-bond donors (Lipinski definition) is 3. The minimum Gasteiger partial charge on any atom is -0.494 e. The average Bonchev–Trinajstić information content (AvgIpc) is 3.30. The molecule has 2 aliphatic rings. The Labute approximate surface area is 152 Å². The van der Waals surface area contributed by atoms with Gasteiger partial charge in [0.05, 0.1) is 21.6 Å². The number of pyridine rings is 1. The Morgan fingerprint density at radius 2 is 2.04 bits per heavy atom. The van der Waals surface area contributed by atoms with Crippen LogP contribution >= 0.6 is 11.6 Å². The van der Waals surface area contributed by atoms with E-state index in [1.54, 1.807) is 4.90 Å². The molecular formula is C17H17ClFN3O4. The minimum atomic E-state index is -1.56. The number of nitrogens with two attached hydrogens (primary N) is 1. The molecule has 1 saturated heterocycles. The summed E-state index contributed by atoms with van der Waals surface area (Å²) in [7, 11) is 0. The number of benzene rings is 1. The van der Waals surface area contributed by atoms with Crippen molar-refractivity contribution in [3.63, 3.8) is 0 Å². The zero-order valence-corrected chi connectivity index (χ0v) is 14.5.